The Kier molecular flexibility index (Phi) is 1.94. The molecular weight excluding hydrogens is 218 g/mol. The maximum Gasteiger partial charge on any atom is 0.269 e. The van der Waals surface area contributed by atoms with Gasteiger partial charge < -0.3 is 0 Å². The molecule has 0 saturated heterocycles. The Morgan fingerprint density at radius 2 is 2.12 bits per heavy atom. The molecule has 0 aromatic heterocycles. The zero-order valence-corrected chi connectivity index (χ0v) is 9.60. The van der Waals surface area contributed by atoms with Crippen molar-refractivity contribution in [3.05, 3.63) is 39.4 Å². The molecule has 0 aliphatic heterocycles. The Morgan fingerprint density at radius 1 is 1.41 bits per heavy atom. The average molecular weight is 231 g/mol. The van der Waals surface area contributed by atoms with Crippen molar-refractivity contribution in [2.24, 2.45) is 0 Å². The van der Waals surface area contributed by atoms with Crippen molar-refractivity contribution in [2.75, 3.05) is 0 Å². The first-order valence-corrected chi connectivity index (χ1v) is 5.89. The third-order valence-electron chi connectivity index (χ3n) is 4.30. The van der Waals surface area contributed by atoms with Crippen LogP contribution in [0.4, 0.5) is 5.69 Å². The largest absolute Gasteiger partial charge is 0.298 e. The van der Waals surface area contributed by atoms with E-state index in [-0.39, 0.29) is 27.7 Å². The first-order valence-electron chi connectivity index (χ1n) is 5.89. The number of carbonyl (C=O) groups is 1. The number of hydrogen-bond acceptors (Lipinski definition) is 3. The number of rotatable bonds is 1. The first kappa shape index (κ1) is 10.4. The van der Waals surface area contributed by atoms with Gasteiger partial charge in [-0.05, 0) is 24.0 Å². The van der Waals surface area contributed by atoms with Crippen LogP contribution in [-0.4, -0.2) is 10.7 Å². The highest BCUT2D eigenvalue weighted by atomic mass is 16.6. The van der Waals surface area contributed by atoms with E-state index in [1.165, 1.54) is 6.07 Å². The topological polar surface area (TPSA) is 60.2 Å². The number of nitro benzene ring substituents is 1. The fourth-order valence-electron chi connectivity index (χ4n) is 3.18. The third-order valence-corrected chi connectivity index (χ3v) is 4.30. The van der Waals surface area contributed by atoms with Gasteiger partial charge >= 0.3 is 0 Å². The molecule has 1 aromatic carbocycles. The second-order valence-electron chi connectivity index (χ2n) is 5.05. The molecule has 0 radical (unpaired) electrons. The maximum atomic E-state index is 12.3. The highest BCUT2D eigenvalue weighted by Gasteiger charge is 2.53. The number of Topliss-reactive ketones (excluding diaryl/α,β-unsaturated/α-hetero) is 1. The number of nitrogens with zero attached hydrogens (tertiary/aromatic N) is 1. The molecule has 2 aliphatic carbocycles. The smallest absolute Gasteiger partial charge is 0.269 e. The number of nitro groups is 1. The Balaban J connectivity index is 2.19. The van der Waals surface area contributed by atoms with E-state index < -0.39 is 0 Å². The summed E-state index contributed by atoms with van der Waals surface area (Å²) < 4.78 is 0. The van der Waals surface area contributed by atoms with E-state index in [4.69, 9.17) is 0 Å². The summed E-state index contributed by atoms with van der Waals surface area (Å²) in [5, 5.41) is 10.8. The lowest BCUT2D eigenvalue weighted by Crippen LogP contribution is -2.39. The van der Waals surface area contributed by atoms with Crippen LogP contribution in [0.5, 0.6) is 0 Å². The number of benzene rings is 1. The van der Waals surface area contributed by atoms with Crippen molar-refractivity contribution in [3.8, 4) is 0 Å². The summed E-state index contributed by atoms with van der Waals surface area (Å²) in [5.41, 5.74) is 1.61. The Labute approximate surface area is 98.8 Å². The van der Waals surface area contributed by atoms with Crippen molar-refractivity contribution < 1.29 is 9.72 Å². The van der Waals surface area contributed by atoms with Crippen molar-refractivity contribution in [1.82, 2.24) is 0 Å². The summed E-state index contributed by atoms with van der Waals surface area (Å²) in [6.45, 7) is 1.90. The zero-order valence-electron chi connectivity index (χ0n) is 9.60. The maximum absolute atomic E-state index is 12.3. The first-order chi connectivity index (χ1) is 8.06. The van der Waals surface area contributed by atoms with Crippen LogP contribution >= 0.6 is 0 Å². The number of ketones is 1. The lowest BCUT2D eigenvalue weighted by atomic mass is 9.64. The summed E-state index contributed by atoms with van der Waals surface area (Å²) in [4.78, 5) is 22.7. The van der Waals surface area contributed by atoms with E-state index in [0.717, 1.165) is 30.4 Å². The SMILES string of the molecule is CC1C(=O)C2(CCC2)c2cc([N+](=O)[O-])ccc21. The Hall–Kier alpha value is -1.71. The van der Waals surface area contributed by atoms with Gasteiger partial charge in [-0.3, -0.25) is 14.9 Å². The zero-order chi connectivity index (χ0) is 12.2. The monoisotopic (exact) mass is 231 g/mol. The average Bonchev–Trinajstić information content (AvgIpc) is 2.47. The fraction of sp³-hybridized carbons (Fsp3) is 0.462. The molecule has 88 valence electrons. The quantitative estimate of drug-likeness (QED) is 0.551. The summed E-state index contributed by atoms with van der Waals surface area (Å²) in [7, 11) is 0. The van der Waals surface area contributed by atoms with Crippen molar-refractivity contribution >= 4 is 11.5 Å². The van der Waals surface area contributed by atoms with Crippen LogP contribution in [0.3, 0.4) is 0 Å². The highest BCUT2D eigenvalue weighted by Crippen LogP contribution is 2.54. The molecule has 1 spiro atoms. The van der Waals surface area contributed by atoms with Gasteiger partial charge in [0.05, 0.1) is 10.3 Å². The second-order valence-corrected chi connectivity index (χ2v) is 5.05. The van der Waals surface area contributed by atoms with Crippen molar-refractivity contribution in [3.63, 3.8) is 0 Å². The van der Waals surface area contributed by atoms with Crippen molar-refractivity contribution in [1.29, 1.82) is 0 Å². The molecule has 17 heavy (non-hydrogen) atoms. The van der Waals surface area contributed by atoms with Crippen molar-refractivity contribution in [2.45, 2.75) is 37.5 Å². The van der Waals surface area contributed by atoms with Crippen LogP contribution in [-0.2, 0) is 10.2 Å². The fourth-order valence-corrected chi connectivity index (χ4v) is 3.18. The molecule has 4 heteroatoms. The summed E-state index contributed by atoms with van der Waals surface area (Å²) in [6.07, 6.45) is 2.75. The van der Waals surface area contributed by atoms with Crippen LogP contribution in [0.1, 0.15) is 43.2 Å². The number of hydrogen-bond donors (Lipinski definition) is 0. The van der Waals surface area contributed by atoms with E-state index in [0.29, 0.717) is 0 Å². The Bertz CT molecular complexity index is 531. The molecule has 3 rings (SSSR count). The summed E-state index contributed by atoms with van der Waals surface area (Å²) in [5.74, 6) is 0.144. The third kappa shape index (κ3) is 1.15. The molecule has 0 heterocycles. The van der Waals surface area contributed by atoms with Gasteiger partial charge in [-0.25, -0.2) is 0 Å². The van der Waals surface area contributed by atoms with E-state index in [9.17, 15) is 14.9 Å². The standard InChI is InChI=1S/C13H13NO3/c1-8-10-4-3-9(14(16)17)7-11(10)13(12(8)15)5-2-6-13/h3-4,7-8H,2,5-6H2,1H3. The minimum absolute atomic E-state index is 0.0944. The van der Waals surface area contributed by atoms with Gasteiger partial charge in [-0.2, -0.15) is 0 Å². The number of carbonyl (C=O) groups excluding carboxylic acids is 1. The molecule has 1 saturated carbocycles. The van der Waals surface area contributed by atoms with Crippen LogP contribution in [0, 0.1) is 10.1 Å². The van der Waals surface area contributed by atoms with E-state index >= 15 is 0 Å². The van der Waals surface area contributed by atoms with Gasteiger partial charge in [-0.15, -0.1) is 0 Å². The molecular formula is C13H13NO3. The molecule has 0 N–H and O–H groups in total. The summed E-state index contributed by atoms with van der Waals surface area (Å²) >= 11 is 0. The van der Waals surface area contributed by atoms with Gasteiger partial charge in [-0.1, -0.05) is 19.4 Å². The molecule has 1 aromatic rings. The molecule has 1 fully saturated rings. The van der Waals surface area contributed by atoms with E-state index in [1.807, 2.05) is 6.92 Å². The lowest BCUT2D eigenvalue weighted by molar-refractivity contribution is -0.385. The molecule has 2 aliphatic rings. The van der Waals surface area contributed by atoms with Gasteiger partial charge in [0.15, 0.2) is 5.78 Å². The number of non-ortho nitro benzene ring substituents is 1. The van der Waals surface area contributed by atoms with Gasteiger partial charge in [0.2, 0.25) is 0 Å². The summed E-state index contributed by atoms with van der Waals surface area (Å²) in [6, 6.07) is 4.86. The molecule has 1 unspecified atom stereocenters. The van der Waals surface area contributed by atoms with Crippen LogP contribution in [0.25, 0.3) is 0 Å². The normalized spacial score (nSPS) is 24.5. The van der Waals surface area contributed by atoms with E-state index in [2.05, 4.69) is 0 Å². The molecule has 4 nitrogen and oxygen atoms in total. The second kappa shape index (κ2) is 3.15. The van der Waals surface area contributed by atoms with Gasteiger partial charge in [0.25, 0.3) is 5.69 Å². The van der Waals surface area contributed by atoms with E-state index in [1.54, 1.807) is 12.1 Å². The molecule has 1 atom stereocenters. The van der Waals surface area contributed by atoms with Gasteiger partial charge in [0.1, 0.15) is 0 Å². The number of fused-ring (bicyclic) bond motifs is 2. The minimum atomic E-state index is -0.389. The molecule has 0 amide bonds. The predicted molar refractivity (Wildman–Crippen MR) is 62.0 cm³/mol. The van der Waals surface area contributed by atoms with Gasteiger partial charge in [0, 0.05) is 18.1 Å². The van der Waals surface area contributed by atoms with Crippen LogP contribution in [0.2, 0.25) is 0 Å². The van der Waals surface area contributed by atoms with Crippen LogP contribution in [0.15, 0.2) is 18.2 Å². The minimum Gasteiger partial charge on any atom is -0.298 e. The lowest BCUT2D eigenvalue weighted by Gasteiger charge is -2.37. The molecule has 0 bridgehead atoms. The predicted octanol–water partition coefficient (Wildman–Crippen LogP) is 2.70. The van der Waals surface area contributed by atoms with Crippen LogP contribution < -0.4 is 0 Å². The Morgan fingerprint density at radius 3 is 2.65 bits per heavy atom. The highest BCUT2D eigenvalue weighted by molar-refractivity contribution is 6.01.